The topological polar surface area (TPSA) is 73.8 Å². The van der Waals surface area contributed by atoms with Crippen LogP contribution in [0.25, 0.3) is 0 Å². The van der Waals surface area contributed by atoms with Crippen LogP contribution in [0.15, 0.2) is 4.99 Å². The van der Waals surface area contributed by atoms with E-state index in [-0.39, 0.29) is 24.0 Å². The summed E-state index contributed by atoms with van der Waals surface area (Å²) in [5.41, 5.74) is 0.451. The number of hydrogen-bond acceptors (Lipinski definition) is 3. The molecule has 1 fully saturated rings. The summed E-state index contributed by atoms with van der Waals surface area (Å²) >= 11 is 0. The minimum absolute atomic E-state index is 0. The van der Waals surface area contributed by atoms with Gasteiger partial charge in [0.25, 0.3) is 0 Å². The van der Waals surface area contributed by atoms with Crippen molar-refractivity contribution in [3.05, 3.63) is 0 Å². The van der Waals surface area contributed by atoms with Crippen molar-refractivity contribution in [2.24, 2.45) is 10.4 Å². The molecule has 0 unspecified atom stereocenters. The predicted octanol–water partition coefficient (Wildman–Crippen LogP) is 2.02. The van der Waals surface area contributed by atoms with Gasteiger partial charge in [0.2, 0.25) is 10.0 Å². The van der Waals surface area contributed by atoms with Crippen molar-refractivity contribution in [2.45, 2.75) is 46.0 Å². The van der Waals surface area contributed by atoms with Gasteiger partial charge in [-0.15, -0.1) is 24.0 Å². The first kappa shape index (κ1) is 22.9. The number of aliphatic imine (C=N–C) groups is 1. The zero-order valence-electron chi connectivity index (χ0n) is 14.9. The lowest BCUT2D eigenvalue weighted by Gasteiger charge is -2.41. The molecule has 0 heterocycles. The first-order valence-corrected chi connectivity index (χ1v) is 10.1. The zero-order chi connectivity index (χ0) is 16.6. The number of rotatable bonds is 9. The van der Waals surface area contributed by atoms with Crippen molar-refractivity contribution in [2.75, 3.05) is 39.5 Å². The van der Waals surface area contributed by atoms with Crippen LogP contribution in [0, 0.1) is 5.41 Å². The van der Waals surface area contributed by atoms with Crippen molar-refractivity contribution in [1.29, 1.82) is 0 Å². The number of halogens is 1. The maximum absolute atomic E-state index is 11.5. The predicted molar refractivity (Wildman–Crippen MR) is 108 cm³/mol. The lowest BCUT2D eigenvalue weighted by atomic mass is 9.67. The molecule has 0 aliphatic heterocycles. The second kappa shape index (κ2) is 10.7. The van der Waals surface area contributed by atoms with Crippen LogP contribution in [0.3, 0.4) is 0 Å². The molecule has 138 valence electrons. The Morgan fingerprint density at radius 1 is 1.26 bits per heavy atom. The third kappa shape index (κ3) is 7.55. The summed E-state index contributed by atoms with van der Waals surface area (Å²) in [5.74, 6) is 0.808. The van der Waals surface area contributed by atoms with E-state index in [0.29, 0.717) is 25.0 Å². The largest absolute Gasteiger partial charge is 0.356 e. The minimum atomic E-state index is -3.09. The average Bonchev–Trinajstić information content (AvgIpc) is 2.42. The molecule has 6 nitrogen and oxygen atoms in total. The first-order valence-electron chi connectivity index (χ1n) is 8.26. The van der Waals surface area contributed by atoms with Crippen LogP contribution in [-0.4, -0.2) is 58.2 Å². The first-order chi connectivity index (χ1) is 10.4. The summed E-state index contributed by atoms with van der Waals surface area (Å²) in [7, 11) is -1.32. The molecule has 1 saturated carbocycles. The molecule has 0 spiro atoms. The fraction of sp³-hybridized carbons (Fsp3) is 0.933. The van der Waals surface area contributed by atoms with Crippen LogP contribution in [0.5, 0.6) is 0 Å². The second-order valence-electron chi connectivity index (χ2n) is 6.17. The molecule has 2 N–H and O–H groups in total. The average molecular weight is 460 g/mol. The summed E-state index contributed by atoms with van der Waals surface area (Å²) in [6, 6.07) is 0. The van der Waals surface area contributed by atoms with Gasteiger partial charge in [0, 0.05) is 33.2 Å². The smallest absolute Gasteiger partial charge is 0.211 e. The van der Waals surface area contributed by atoms with Gasteiger partial charge in [-0.25, -0.2) is 12.7 Å². The van der Waals surface area contributed by atoms with Gasteiger partial charge >= 0.3 is 0 Å². The molecule has 23 heavy (non-hydrogen) atoms. The highest BCUT2D eigenvalue weighted by molar-refractivity contribution is 14.0. The van der Waals surface area contributed by atoms with Crippen LogP contribution < -0.4 is 10.6 Å². The van der Waals surface area contributed by atoms with E-state index in [1.165, 1.54) is 36.2 Å². The molecule has 1 rings (SSSR count). The van der Waals surface area contributed by atoms with Crippen LogP contribution in [0.1, 0.15) is 46.0 Å². The Labute approximate surface area is 159 Å². The Bertz CT molecular complexity index is 459. The summed E-state index contributed by atoms with van der Waals surface area (Å²) in [4.78, 5) is 4.23. The Morgan fingerprint density at radius 3 is 2.30 bits per heavy atom. The van der Waals surface area contributed by atoms with Gasteiger partial charge in [-0.05, 0) is 31.1 Å². The van der Waals surface area contributed by atoms with E-state index in [9.17, 15) is 8.42 Å². The van der Waals surface area contributed by atoms with Crippen molar-refractivity contribution in [3.8, 4) is 0 Å². The maximum atomic E-state index is 11.5. The maximum Gasteiger partial charge on any atom is 0.211 e. The normalized spacial score (nSPS) is 17.3. The standard InChI is InChI=1S/C15H32N4O2S.HI/c1-5-15(9-7-10-15)13-18-14(16-3)17-11-8-12-19(6-2)22(4,20)21;/h5-13H2,1-4H3,(H2,16,17,18);1H. The van der Waals surface area contributed by atoms with E-state index in [1.54, 1.807) is 7.05 Å². The molecular formula is C15H33IN4O2S. The van der Waals surface area contributed by atoms with Gasteiger partial charge in [0.15, 0.2) is 5.96 Å². The Hall–Kier alpha value is -0.0900. The molecule has 0 amide bonds. The number of nitrogens with zero attached hydrogens (tertiary/aromatic N) is 2. The van der Waals surface area contributed by atoms with Gasteiger partial charge in [0.05, 0.1) is 6.26 Å². The van der Waals surface area contributed by atoms with Crippen molar-refractivity contribution in [3.63, 3.8) is 0 Å². The Morgan fingerprint density at radius 2 is 1.91 bits per heavy atom. The molecule has 0 atom stereocenters. The third-order valence-electron chi connectivity index (χ3n) is 4.72. The van der Waals surface area contributed by atoms with Crippen molar-refractivity contribution < 1.29 is 8.42 Å². The van der Waals surface area contributed by atoms with Crippen LogP contribution in [0.4, 0.5) is 0 Å². The summed E-state index contributed by atoms with van der Waals surface area (Å²) in [6.45, 7) is 6.85. The monoisotopic (exact) mass is 460 g/mol. The molecule has 0 aromatic heterocycles. The lowest BCUT2D eigenvalue weighted by molar-refractivity contribution is 0.131. The summed E-state index contributed by atoms with van der Waals surface area (Å²) in [5, 5.41) is 6.67. The fourth-order valence-electron chi connectivity index (χ4n) is 2.84. The fourth-order valence-corrected chi connectivity index (χ4v) is 3.77. The molecule has 1 aliphatic rings. The SMILES string of the molecule is CCN(CCCNC(=NC)NCC1(CC)CCC1)S(C)(=O)=O.I. The van der Waals surface area contributed by atoms with E-state index < -0.39 is 10.0 Å². The molecule has 0 bridgehead atoms. The van der Waals surface area contributed by atoms with Gasteiger partial charge in [0.1, 0.15) is 0 Å². The van der Waals surface area contributed by atoms with Gasteiger partial charge in [-0.3, -0.25) is 4.99 Å². The molecule has 0 radical (unpaired) electrons. The highest BCUT2D eigenvalue weighted by Crippen LogP contribution is 2.42. The highest BCUT2D eigenvalue weighted by atomic mass is 127. The second-order valence-corrected chi connectivity index (χ2v) is 8.15. The van der Waals surface area contributed by atoms with Gasteiger partial charge < -0.3 is 10.6 Å². The van der Waals surface area contributed by atoms with Crippen LogP contribution in [-0.2, 0) is 10.0 Å². The zero-order valence-corrected chi connectivity index (χ0v) is 18.0. The van der Waals surface area contributed by atoms with Crippen LogP contribution in [0.2, 0.25) is 0 Å². The van der Waals surface area contributed by atoms with E-state index in [1.807, 2.05) is 6.92 Å². The number of guanidine groups is 1. The molecule has 1 aliphatic carbocycles. The number of nitrogens with one attached hydrogen (secondary N) is 2. The quantitative estimate of drug-likeness (QED) is 0.239. The third-order valence-corrected chi connectivity index (χ3v) is 6.10. The minimum Gasteiger partial charge on any atom is -0.356 e. The lowest BCUT2D eigenvalue weighted by Crippen LogP contribution is -2.46. The Balaban J connectivity index is 0.00000484. The van der Waals surface area contributed by atoms with Gasteiger partial charge in [-0.1, -0.05) is 20.3 Å². The van der Waals surface area contributed by atoms with E-state index in [0.717, 1.165) is 18.9 Å². The van der Waals surface area contributed by atoms with Crippen LogP contribution >= 0.6 is 24.0 Å². The molecule has 8 heteroatoms. The number of hydrogen-bond donors (Lipinski definition) is 2. The summed E-state index contributed by atoms with van der Waals surface area (Å²) < 4.78 is 24.5. The van der Waals surface area contributed by atoms with E-state index in [2.05, 4.69) is 22.5 Å². The highest BCUT2D eigenvalue weighted by Gasteiger charge is 2.34. The molecule has 0 aromatic rings. The Kier molecular flexibility index (Phi) is 10.7. The number of sulfonamides is 1. The van der Waals surface area contributed by atoms with E-state index >= 15 is 0 Å². The van der Waals surface area contributed by atoms with Crippen molar-refractivity contribution in [1.82, 2.24) is 14.9 Å². The van der Waals surface area contributed by atoms with Crippen molar-refractivity contribution >= 4 is 40.0 Å². The summed E-state index contributed by atoms with van der Waals surface area (Å²) in [6.07, 6.45) is 7.16. The van der Waals surface area contributed by atoms with Gasteiger partial charge in [-0.2, -0.15) is 0 Å². The molecule has 0 aromatic carbocycles. The molecule has 0 saturated heterocycles. The van der Waals surface area contributed by atoms with E-state index in [4.69, 9.17) is 0 Å². The molecular weight excluding hydrogens is 427 g/mol.